The Labute approximate surface area is 108 Å². The van der Waals surface area contributed by atoms with Crippen molar-refractivity contribution >= 4 is 17.4 Å². The molecule has 4 nitrogen and oxygen atoms in total. The molecule has 0 N–H and O–H groups in total. The minimum atomic E-state index is 0.647. The molecule has 86 valence electrons. The smallest absolute Gasteiger partial charge is 0.200 e. The van der Waals surface area contributed by atoms with Crippen LogP contribution in [0, 0.1) is 11.3 Å². The van der Waals surface area contributed by atoms with Crippen LogP contribution in [0.1, 0.15) is 5.56 Å². The highest BCUT2D eigenvalue weighted by Gasteiger charge is 2.06. The molecule has 2 heterocycles. The first-order valence-electron chi connectivity index (χ1n) is 5.34. The van der Waals surface area contributed by atoms with Crippen molar-refractivity contribution in [3.8, 4) is 6.07 Å². The highest BCUT2D eigenvalue weighted by molar-refractivity contribution is 7.99. The van der Waals surface area contributed by atoms with Gasteiger partial charge in [0.25, 0.3) is 0 Å². The fourth-order valence-corrected chi connectivity index (χ4v) is 2.50. The molecule has 0 aliphatic carbocycles. The average Bonchev–Trinajstić information content (AvgIpc) is 2.83. The molecule has 1 aromatic carbocycles. The highest BCUT2D eigenvalue weighted by Crippen LogP contribution is 2.26. The van der Waals surface area contributed by atoms with Crippen LogP contribution >= 0.6 is 11.8 Å². The van der Waals surface area contributed by atoms with Crippen LogP contribution in [0.15, 0.2) is 58.7 Å². The van der Waals surface area contributed by atoms with E-state index in [1.807, 2.05) is 47.0 Å². The third-order valence-corrected chi connectivity index (χ3v) is 3.41. The van der Waals surface area contributed by atoms with E-state index in [-0.39, 0.29) is 0 Å². The van der Waals surface area contributed by atoms with Crippen LogP contribution in [0.2, 0.25) is 0 Å². The van der Waals surface area contributed by atoms with Crippen LogP contribution in [-0.2, 0) is 0 Å². The van der Waals surface area contributed by atoms with Crippen molar-refractivity contribution < 1.29 is 0 Å². The van der Waals surface area contributed by atoms with Crippen LogP contribution in [0.3, 0.4) is 0 Å². The number of nitrogens with zero attached hydrogens (tertiary/aromatic N) is 4. The standard InChI is InChI=1S/C13H8N4S/c14-9-10-4-3-5-11(8-10)18-13-16-15-12-6-1-2-7-17(12)13/h1-8H. The summed E-state index contributed by atoms with van der Waals surface area (Å²) in [6.07, 6.45) is 1.92. The Balaban J connectivity index is 1.99. The summed E-state index contributed by atoms with van der Waals surface area (Å²) in [6, 6.07) is 15.3. The second-order valence-corrected chi connectivity index (χ2v) is 4.69. The predicted octanol–water partition coefficient (Wildman–Crippen LogP) is 2.75. The minimum absolute atomic E-state index is 0.647. The number of hydrogen-bond donors (Lipinski definition) is 0. The fraction of sp³-hybridized carbons (Fsp3) is 0. The molecule has 0 fully saturated rings. The Morgan fingerprint density at radius 3 is 2.94 bits per heavy atom. The molecule has 0 saturated heterocycles. The maximum atomic E-state index is 8.87. The number of benzene rings is 1. The van der Waals surface area contributed by atoms with Gasteiger partial charge in [0.1, 0.15) is 0 Å². The van der Waals surface area contributed by atoms with E-state index in [1.165, 1.54) is 11.8 Å². The third-order valence-electron chi connectivity index (χ3n) is 2.45. The summed E-state index contributed by atoms with van der Waals surface area (Å²) < 4.78 is 1.92. The lowest BCUT2D eigenvalue weighted by molar-refractivity contribution is 0.921. The van der Waals surface area contributed by atoms with Crippen LogP contribution in [0.4, 0.5) is 0 Å². The maximum absolute atomic E-state index is 8.87. The lowest BCUT2D eigenvalue weighted by atomic mass is 10.2. The second-order valence-electron chi connectivity index (χ2n) is 3.65. The highest BCUT2D eigenvalue weighted by atomic mass is 32.2. The molecular formula is C13H8N4S. The topological polar surface area (TPSA) is 54.0 Å². The summed E-state index contributed by atoms with van der Waals surface area (Å²) in [5, 5.41) is 17.9. The van der Waals surface area contributed by atoms with Crippen LogP contribution in [0.5, 0.6) is 0 Å². The van der Waals surface area contributed by atoms with Crippen molar-refractivity contribution in [1.29, 1.82) is 5.26 Å². The van der Waals surface area contributed by atoms with Gasteiger partial charge in [-0.25, -0.2) is 0 Å². The van der Waals surface area contributed by atoms with Gasteiger partial charge in [0.2, 0.25) is 0 Å². The van der Waals surface area contributed by atoms with Crippen molar-refractivity contribution in [2.75, 3.05) is 0 Å². The molecule has 0 radical (unpaired) electrons. The largest absolute Gasteiger partial charge is 0.277 e. The molecule has 3 rings (SSSR count). The zero-order chi connectivity index (χ0) is 12.4. The number of aromatic nitrogens is 3. The SMILES string of the molecule is N#Cc1cccc(Sc2nnc3ccccn23)c1. The van der Waals surface area contributed by atoms with E-state index in [0.29, 0.717) is 5.56 Å². The van der Waals surface area contributed by atoms with Crippen molar-refractivity contribution in [3.63, 3.8) is 0 Å². The first-order chi connectivity index (χ1) is 8.86. The minimum Gasteiger partial charge on any atom is -0.277 e. The van der Waals surface area contributed by atoms with E-state index in [2.05, 4.69) is 16.3 Å². The van der Waals surface area contributed by atoms with Gasteiger partial charge >= 0.3 is 0 Å². The number of nitriles is 1. The number of rotatable bonds is 2. The van der Waals surface area contributed by atoms with Gasteiger partial charge in [0.15, 0.2) is 10.8 Å². The summed E-state index contributed by atoms with van der Waals surface area (Å²) in [6.45, 7) is 0. The molecule has 0 atom stereocenters. The summed E-state index contributed by atoms with van der Waals surface area (Å²) in [4.78, 5) is 0.979. The van der Waals surface area contributed by atoms with E-state index in [1.54, 1.807) is 6.07 Å². The Morgan fingerprint density at radius 1 is 1.11 bits per heavy atom. The van der Waals surface area contributed by atoms with E-state index >= 15 is 0 Å². The molecule has 0 spiro atoms. The summed E-state index contributed by atoms with van der Waals surface area (Å²) in [5.74, 6) is 0. The lowest BCUT2D eigenvalue weighted by Gasteiger charge is -2.00. The van der Waals surface area contributed by atoms with E-state index in [9.17, 15) is 0 Å². The van der Waals surface area contributed by atoms with Gasteiger partial charge in [-0.15, -0.1) is 10.2 Å². The normalized spacial score (nSPS) is 10.4. The van der Waals surface area contributed by atoms with Crippen molar-refractivity contribution in [2.24, 2.45) is 0 Å². The van der Waals surface area contributed by atoms with Crippen LogP contribution in [-0.4, -0.2) is 14.6 Å². The van der Waals surface area contributed by atoms with Crippen LogP contribution in [0.25, 0.3) is 5.65 Å². The van der Waals surface area contributed by atoms with Gasteiger partial charge in [-0.05, 0) is 42.1 Å². The molecule has 0 saturated carbocycles. The molecule has 0 unspecified atom stereocenters. The third kappa shape index (κ3) is 1.94. The molecular weight excluding hydrogens is 244 g/mol. The molecule has 3 aromatic rings. The molecule has 0 amide bonds. The first-order valence-corrected chi connectivity index (χ1v) is 6.16. The van der Waals surface area contributed by atoms with Crippen molar-refractivity contribution in [3.05, 3.63) is 54.2 Å². The van der Waals surface area contributed by atoms with Crippen LogP contribution < -0.4 is 0 Å². The lowest BCUT2D eigenvalue weighted by Crippen LogP contribution is -1.86. The summed E-state index contributed by atoms with van der Waals surface area (Å²) in [5.41, 5.74) is 1.46. The zero-order valence-corrected chi connectivity index (χ0v) is 10.1. The van der Waals surface area contributed by atoms with Gasteiger partial charge < -0.3 is 0 Å². The van der Waals surface area contributed by atoms with Gasteiger partial charge in [-0.3, -0.25) is 4.40 Å². The van der Waals surface area contributed by atoms with E-state index < -0.39 is 0 Å². The number of pyridine rings is 1. The Morgan fingerprint density at radius 2 is 2.06 bits per heavy atom. The van der Waals surface area contributed by atoms with Crippen molar-refractivity contribution in [2.45, 2.75) is 10.1 Å². The number of hydrogen-bond acceptors (Lipinski definition) is 4. The summed E-state index contributed by atoms with van der Waals surface area (Å²) >= 11 is 1.49. The predicted molar refractivity (Wildman–Crippen MR) is 68.3 cm³/mol. The van der Waals surface area contributed by atoms with E-state index in [4.69, 9.17) is 5.26 Å². The Hall–Kier alpha value is -2.32. The monoisotopic (exact) mass is 252 g/mol. The number of fused-ring (bicyclic) bond motifs is 1. The zero-order valence-electron chi connectivity index (χ0n) is 9.32. The molecule has 0 bridgehead atoms. The molecule has 2 aromatic heterocycles. The first kappa shape index (κ1) is 10.8. The Bertz CT molecular complexity index is 742. The van der Waals surface area contributed by atoms with Gasteiger partial charge in [0, 0.05) is 11.1 Å². The second kappa shape index (κ2) is 4.51. The molecule has 5 heteroatoms. The quantitative estimate of drug-likeness (QED) is 0.703. The van der Waals surface area contributed by atoms with Gasteiger partial charge in [-0.1, -0.05) is 12.1 Å². The molecule has 0 aliphatic heterocycles. The van der Waals surface area contributed by atoms with E-state index in [0.717, 1.165) is 15.7 Å². The van der Waals surface area contributed by atoms with Gasteiger partial charge in [-0.2, -0.15) is 5.26 Å². The Kier molecular flexibility index (Phi) is 2.71. The van der Waals surface area contributed by atoms with Gasteiger partial charge in [0.05, 0.1) is 11.6 Å². The maximum Gasteiger partial charge on any atom is 0.200 e. The van der Waals surface area contributed by atoms with Crippen molar-refractivity contribution in [1.82, 2.24) is 14.6 Å². The fourth-order valence-electron chi connectivity index (χ4n) is 1.62. The average molecular weight is 252 g/mol. The molecule has 0 aliphatic rings. The summed E-state index contributed by atoms with van der Waals surface area (Å²) in [7, 11) is 0. The molecule has 18 heavy (non-hydrogen) atoms.